The molecule has 3 aliphatic heterocycles. The van der Waals surface area contributed by atoms with Crippen LogP contribution in [0.3, 0.4) is 0 Å². The molecule has 2 saturated heterocycles. The molecule has 21 heteroatoms. The summed E-state index contributed by atoms with van der Waals surface area (Å²) >= 11 is 7.44. The molecule has 0 bridgehead atoms. The van der Waals surface area contributed by atoms with Crippen molar-refractivity contribution >= 4 is 87.3 Å². The first-order chi connectivity index (χ1) is 34.5. The van der Waals surface area contributed by atoms with Gasteiger partial charge in [0.15, 0.2) is 0 Å². The molecule has 2 unspecified atom stereocenters. The molecular formula is C50H57ClN8O11S. The molecule has 376 valence electrons. The highest BCUT2D eigenvalue weighted by Gasteiger charge is 2.45. The minimum Gasteiger partial charge on any atom is -0.382 e. The number of imide groups is 2. The number of nitrogens with one attached hydrogen (secondary N) is 4. The number of piperazine rings is 1. The van der Waals surface area contributed by atoms with Crippen LogP contribution in [-0.2, 0) is 49.4 Å². The minimum absolute atomic E-state index is 0.0344. The second kappa shape index (κ2) is 26.1. The van der Waals surface area contributed by atoms with Crippen LogP contribution in [-0.4, -0.2) is 159 Å². The first kappa shape index (κ1) is 52.3. The van der Waals surface area contributed by atoms with Crippen molar-refractivity contribution in [2.75, 3.05) is 107 Å². The first-order valence-corrected chi connectivity index (χ1v) is 24.9. The van der Waals surface area contributed by atoms with Crippen LogP contribution in [0.25, 0.3) is 0 Å². The standard InChI is InChI=1S/C50H57ClN8O11S/c51-32-44(63)58(46(40-10-5-31-71-40)48(65)53-19-17-34-6-2-1-3-7-34)36-13-11-35(12-14-36)54-42(61)33-56-21-23-57(24-22-56)43(62)18-25-68-27-29-70-30-28-69-26-20-52-38-9-4-8-37-45(38)50(67)59(49(37)66)39-15-16-41(60)55-47(39)64/h1-14,31,39,46,52H,15-30,32-33H2,(H,53,65)(H,54,61)(H,55,60,64). The number of benzene rings is 3. The van der Waals surface area contributed by atoms with Crippen molar-refractivity contribution in [2.24, 2.45) is 0 Å². The van der Waals surface area contributed by atoms with Gasteiger partial charge in [-0.3, -0.25) is 58.4 Å². The molecule has 7 rings (SSSR count). The molecule has 4 heterocycles. The lowest BCUT2D eigenvalue weighted by Gasteiger charge is -2.34. The smallest absolute Gasteiger partial charge is 0.264 e. The van der Waals surface area contributed by atoms with Crippen LogP contribution < -0.4 is 26.2 Å². The van der Waals surface area contributed by atoms with Crippen LogP contribution in [0, 0.1) is 0 Å². The third-order valence-corrected chi connectivity index (χ3v) is 13.2. The van der Waals surface area contributed by atoms with Crippen LogP contribution in [0.15, 0.2) is 90.3 Å². The van der Waals surface area contributed by atoms with E-state index in [1.54, 1.807) is 41.3 Å². The van der Waals surface area contributed by atoms with Gasteiger partial charge in [0.05, 0.1) is 63.7 Å². The maximum absolute atomic E-state index is 13.7. The fourth-order valence-corrected chi connectivity index (χ4v) is 9.38. The summed E-state index contributed by atoms with van der Waals surface area (Å²) < 4.78 is 16.8. The van der Waals surface area contributed by atoms with E-state index in [4.69, 9.17) is 25.8 Å². The summed E-state index contributed by atoms with van der Waals surface area (Å²) in [5.41, 5.74) is 2.87. The Morgan fingerprint density at radius 1 is 0.789 bits per heavy atom. The van der Waals surface area contributed by atoms with E-state index in [1.165, 1.54) is 22.3 Å². The van der Waals surface area contributed by atoms with Gasteiger partial charge in [-0.05, 0) is 66.2 Å². The Hall–Kier alpha value is -6.55. The third kappa shape index (κ3) is 14.1. The molecule has 0 aliphatic carbocycles. The Bertz CT molecular complexity index is 2510. The van der Waals surface area contributed by atoms with Crippen LogP contribution in [0.4, 0.5) is 17.1 Å². The number of amides is 8. The summed E-state index contributed by atoms with van der Waals surface area (Å²) in [6.07, 6.45) is 0.968. The molecular weight excluding hydrogens is 956 g/mol. The normalized spacial score (nSPS) is 16.3. The monoisotopic (exact) mass is 1010 g/mol. The largest absolute Gasteiger partial charge is 0.382 e. The third-order valence-electron chi connectivity index (χ3n) is 12.0. The van der Waals surface area contributed by atoms with Gasteiger partial charge in [-0.25, -0.2) is 0 Å². The van der Waals surface area contributed by atoms with Gasteiger partial charge in [0.25, 0.3) is 11.8 Å². The number of anilines is 3. The molecule has 1 aromatic heterocycles. The molecule has 3 aliphatic rings. The lowest BCUT2D eigenvalue weighted by molar-refractivity contribution is -0.137. The predicted octanol–water partition coefficient (Wildman–Crippen LogP) is 3.46. The van der Waals surface area contributed by atoms with Gasteiger partial charge >= 0.3 is 0 Å². The van der Waals surface area contributed by atoms with Crippen molar-refractivity contribution in [3.05, 3.63) is 112 Å². The van der Waals surface area contributed by atoms with Crippen LogP contribution >= 0.6 is 22.9 Å². The lowest BCUT2D eigenvalue weighted by atomic mass is 10.0. The van der Waals surface area contributed by atoms with E-state index in [-0.39, 0.29) is 67.1 Å². The SMILES string of the molecule is O=C1CCC(N2C(=O)c3cccc(NCCOCCOCCOCCC(=O)N4CCN(CC(=O)Nc5ccc(N(C(=O)CCl)C(C(=O)NCCc6ccccc6)c6cccs6)cc5)CC4)c3C2=O)C(=O)N1. The number of fused-ring (bicyclic) bond motifs is 1. The number of carbonyl (C=O) groups excluding carboxylic acids is 8. The lowest BCUT2D eigenvalue weighted by Crippen LogP contribution is -2.54. The summed E-state index contributed by atoms with van der Waals surface area (Å²) in [7, 11) is 0. The minimum atomic E-state index is -1.04. The zero-order valence-corrected chi connectivity index (χ0v) is 40.7. The number of hydrogen-bond donors (Lipinski definition) is 4. The highest BCUT2D eigenvalue weighted by Crippen LogP contribution is 2.34. The van der Waals surface area contributed by atoms with Crippen molar-refractivity contribution < 1.29 is 52.6 Å². The molecule has 2 fully saturated rings. The van der Waals surface area contributed by atoms with Crippen LogP contribution in [0.1, 0.15) is 56.5 Å². The van der Waals surface area contributed by atoms with Crippen molar-refractivity contribution in [3.63, 3.8) is 0 Å². The zero-order chi connectivity index (χ0) is 50.1. The zero-order valence-electron chi connectivity index (χ0n) is 39.1. The average Bonchev–Trinajstić information content (AvgIpc) is 4.00. The van der Waals surface area contributed by atoms with Crippen molar-refractivity contribution in [2.45, 2.75) is 37.8 Å². The molecule has 4 aromatic rings. The highest BCUT2D eigenvalue weighted by molar-refractivity contribution is 7.10. The van der Waals surface area contributed by atoms with Gasteiger partial charge in [0.1, 0.15) is 18.0 Å². The van der Waals surface area contributed by atoms with Gasteiger partial charge in [-0.15, -0.1) is 22.9 Å². The number of halogens is 1. The van der Waals surface area contributed by atoms with Crippen molar-refractivity contribution in [1.29, 1.82) is 0 Å². The van der Waals surface area contributed by atoms with Gasteiger partial charge in [-0.1, -0.05) is 42.5 Å². The van der Waals surface area contributed by atoms with Gasteiger partial charge in [-0.2, -0.15) is 0 Å². The number of piperidine rings is 1. The Balaban J connectivity index is 0.738. The number of alkyl halides is 1. The molecule has 8 amide bonds. The second-order valence-corrected chi connectivity index (χ2v) is 18.0. The van der Waals surface area contributed by atoms with E-state index < -0.39 is 41.6 Å². The van der Waals surface area contributed by atoms with E-state index in [0.717, 1.165) is 10.5 Å². The number of thiophene rings is 1. The summed E-state index contributed by atoms with van der Waals surface area (Å²) in [6.45, 7) is 4.63. The second-order valence-electron chi connectivity index (χ2n) is 16.8. The average molecular weight is 1010 g/mol. The quantitative estimate of drug-likeness (QED) is 0.0425. The molecule has 0 saturated carbocycles. The molecule has 0 spiro atoms. The topological polar surface area (TPSA) is 225 Å². The molecule has 2 atom stereocenters. The van der Waals surface area contributed by atoms with Gasteiger partial charge < -0.3 is 35.1 Å². The summed E-state index contributed by atoms with van der Waals surface area (Å²) in [5, 5.41) is 13.1. The maximum atomic E-state index is 13.7. The highest BCUT2D eigenvalue weighted by atomic mass is 35.5. The van der Waals surface area contributed by atoms with E-state index >= 15 is 0 Å². The molecule has 19 nitrogen and oxygen atoms in total. The fourth-order valence-electron chi connectivity index (χ4n) is 8.44. The Labute approximate surface area is 420 Å². The first-order valence-electron chi connectivity index (χ1n) is 23.5. The number of hydrogen-bond acceptors (Lipinski definition) is 14. The Morgan fingerprint density at radius 2 is 1.51 bits per heavy atom. The molecule has 71 heavy (non-hydrogen) atoms. The van der Waals surface area contributed by atoms with Crippen molar-refractivity contribution in [1.82, 2.24) is 25.3 Å². The Morgan fingerprint density at radius 3 is 2.20 bits per heavy atom. The predicted molar refractivity (Wildman–Crippen MR) is 265 cm³/mol. The summed E-state index contributed by atoms with van der Waals surface area (Å²) in [5.74, 6) is -3.63. The summed E-state index contributed by atoms with van der Waals surface area (Å²) in [6, 6.07) is 23.0. The molecule has 4 N–H and O–H groups in total. The van der Waals surface area contributed by atoms with Crippen LogP contribution in [0.5, 0.6) is 0 Å². The van der Waals surface area contributed by atoms with Crippen molar-refractivity contribution in [3.8, 4) is 0 Å². The Kier molecular flexibility index (Phi) is 19.2. The number of rotatable bonds is 25. The fraction of sp³-hybridized carbons (Fsp3) is 0.400. The summed E-state index contributed by atoms with van der Waals surface area (Å²) in [4.78, 5) is 110. The van der Waals surface area contributed by atoms with E-state index in [9.17, 15) is 38.4 Å². The van der Waals surface area contributed by atoms with Gasteiger partial charge in [0, 0.05) is 67.6 Å². The van der Waals surface area contributed by atoms with Crippen LogP contribution in [0.2, 0.25) is 0 Å². The molecule has 0 radical (unpaired) electrons. The van der Waals surface area contributed by atoms with E-state index in [0.29, 0.717) is 101 Å². The van der Waals surface area contributed by atoms with E-state index in [1.807, 2.05) is 52.7 Å². The number of ether oxygens (including phenoxy) is 3. The van der Waals surface area contributed by atoms with E-state index in [2.05, 4.69) is 21.3 Å². The molecule has 3 aromatic carbocycles. The number of carbonyl (C=O) groups is 8. The maximum Gasteiger partial charge on any atom is 0.264 e. The number of nitrogens with zero attached hydrogens (tertiary/aromatic N) is 4. The van der Waals surface area contributed by atoms with Gasteiger partial charge in [0.2, 0.25) is 35.4 Å².